The van der Waals surface area contributed by atoms with E-state index in [0.29, 0.717) is 0 Å². The van der Waals surface area contributed by atoms with E-state index in [1.165, 1.54) is 13.3 Å². The molecule has 0 unspecified atom stereocenters. The Morgan fingerprint density at radius 2 is 1.57 bits per heavy atom. The van der Waals surface area contributed by atoms with Crippen LogP contribution < -0.4 is 5.73 Å². The molecule has 0 aromatic heterocycles. The summed E-state index contributed by atoms with van der Waals surface area (Å²) in [7, 11) is 0. The Bertz CT molecular complexity index is 35.9. The molecule has 3 nitrogen and oxygen atoms in total. The first-order chi connectivity index (χ1) is 2.73. The number of carbonyl (C=O) groups excluding carboxylic acids is 1. The number of nitrogens with two attached hydrogens (primary N) is 1. The smallest absolute Gasteiger partial charge is 0.214 e. The molecule has 0 rings (SSSR count). The molecule has 1 amide bonds. The molecule has 0 fully saturated rings. The van der Waals surface area contributed by atoms with E-state index in [1.54, 1.807) is 0 Å². The van der Waals surface area contributed by atoms with E-state index in [4.69, 9.17) is 0 Å². The van der Waals surface area contributed by atoms with Crippen LogP contribution in [0.1, 0.15) is 6.92 Å². The molecular formula is C3H10ClNO2. The van der Waals surface area contributed by atoms with Crippen LogP contribution in [0.2, 0.25) is 0 Å². The van der Waals surface area contributed by atoms with Crippen molar-refractivity contribution in [2.75, 3.05) is 6.38 Å². The fraction of sp³-hybridized carbons (Fsp3) is 0.667. The lowest BCUT2D eigenvalue weighted by molar-refractivity contribution is -0.115. The number of amides is 1. The van der Waals surface area contributed by atoms with Gasteiger partial charge in [-0.2, -0.15) is 0 Å². The van der Waals surface area contributed by atoms with Crippen LogP contribution in [-0.4, -0.2) is 17.8 Å². The molecular weight excluding hydrogens is 117 g/mol. The number of hydrogen-bond acceptors (Lipinski definition) is 1. The lowest BCUT2D eigenvalue weighted by Gasteiger charge is -1.60. The summed E-state index contributed by atoms with van der Waals surface area (Å²) < 4.78 is 0. The molecule has 0 aliphatic heterocycles. The van der Waals surface area contributed by atoms with Gasteiger partial charge in [0, 0.05) is 13.3 Å². The van der Waals surface area contributed by atoms with Gasteiger partial charge >= 0.3 is 0 Å². The van der Waals surface area contributed by atoms with Gasteiger partial charge in [-0.25, -0.2) is 0 Å². The minimum atomic E-state index is -0.333. The first-order valence-electron chi connectivity index (χ1n) is 1.37. The van der Waals surface area contributed by atoms with Gasteiger partial charge in [-0.3, -0.25) is 4.79 Å². The maximum atomic E-state index is 9.22. The molecule has 0 aromatic rings. The topological polar surface area (TPSA) is 74.6 Å². The number of alkyl halides is 1. The zero-order valence-electron chi connectivity index (χ0n) is 4.36. The van der Waals surface area contributed by atoms with Gasteiger partial charge in [-0.1, -0.05) is 0 Å². The molecule has 7 heavy (non-hydrogen) atoms. The number of halogens is 1. The Labute approximate surface area is 47.8 Å². The van der Waals surface area contributed by atoms with Crippen LogP contribution in [0.15, 0.2) is 0 Å². The van der Waals surface area contributed by atoms with Gasteiger partial charge in [0.25, 0.3) is 0 Å². The van der Waals surface area contributed by atoms with E-state index in [0.717, 1.165) is 0 Å². The Kier molecular flexibility index (Phi) is 39.1. The first kappa shape index (κ1) is 15.9. The van der Waals surface area contributed by atoms with Crippen molar-refractivity contribution in [3.8, 4) is 0 Å². The summed E-state index contributed by atoms with van der Waals surface area (Å²) in [4.78, 5) is 9.22. The highest BCUT2D eigenvalue weighted by molar-refractivity contribution is 6.15. The summed E-state index contributed by atoms with van der Waals surface area (Å²) in [5.41, 5.74) is 4.47. The number of carbonyl (C=O) groups is 1. The molecule has 0 atom stereocenters. The molecule has 0 spiro atoms. The second kappa shape index (κ2) is 17.2. The van der Waals surface area contributed by atoms with Gasteiger partial charge in [0.1, 0.15) is 0 Å². The molecule has 4 heteroatoms. The van der Waals surface area contributed by atoms with Gasteiger partial charge in [0.05, 0.1) is 0 Å². The van der Waals surface area contributed by atoms with Crippen LogP contribution in [0.4, 0.5) is 0 Å². The van der Waals surface area contributed by atoms with E-state index in [-0.39, 0.29) is 11.4 Å². The molecule has 0 aliphatic rings. The van der Waals surface area contributed by atoms with Crippen LogP contribution in [0.3, 0.4) is 0 Å². The summed E-state index contributed by atoms with van der Waals surface area (Å²) in [5, 5.41) is 0. The minimum absolute atomic E-state index is 0. The maximum Gasteiger partial charge on any atom is 0.214 e. The molecule has 0 aromatic carbocycles. The van der Waals surface area contributed by atoms with E-state index >= 15 is 0 Å². The van der Waals surface area contributed by atoms with Crippen LogP contribution >= 0.6 is 11.6 Å². The molecule has 0 saturated carbocycles. The summed E-state index contributed by atoms with van der Waals surface area (Å²) >= 11 is 4.64. The quantitative estimate of drug-likeness (QED) is 0.439. The monoisotopic (exact) mass is 127 g/mol. The Balaban J connectivity index is -0.0000000480. The lowest BCUT2D eigenvalue weighted by Crippen LogP contribution is -2.01. The van der Waals surface area contributed by atoms with Crippen LogP contribution in [0.5, 0.6) is 0 Å². The second-order valence-corrected chi connectivity index (χ2v) is 0.611. The van der Waals surface area contributed by atoms with Gasteiger partial charge in [0.2, 0.25) is 5.91 Å². The van der Waals surface area contributed by atoms with Crippen LogP contribution in [-0.2, 0) is 4.79 Å². The van der Waals surface area contributed by atoms with E-state index < -0.39 is 0 Å². The third-order valence-electron chi connectivity index (χ3n) is 0. The summed E-state index contributed by atoms with van der Waals surface area (Å²) in [6.07, 6.45) is 1.47. The SMILES string of the molecule is CC(N)=O.CCl.O. The van der Waals surface area contributed by atoms with Gasteiger partial charge in [-0.15, -0.1) is 11.6 Å². The van der Waals surface area contributed by atoms with Crippen molar-refractivity contribution < 1.29 is 10.3 Å². The third kappa shape index (κ3) is 1010. The highest BCUT2D eigenvalue weighted by atomic mass is 35.5. The predicted molar refractivity (Wildman–Crippen MR) is 30.3 cm³/mol. The van der Waals surface area contributed by atoms with Gasteiger partial charge in [0.15, 0.2) is 0 Å². The summed E-state index contributed by atoms with van der Waals surface area (Å²) in [5.74, 6) is -0.333. The Morgan fingerprint density at radius 1 is 1.57 bits per heavy atom. The van der Waals surface area contributed by atoms with E-state index in [2.05, 4.69) is 17.3 Å². The highest BCUT2D eigenvalue weighted by Crippen LogP contribution is 1.34. The van der Waals surface area contributed by atoms with Crippen molar-refractivity contribution in [3.05, 3.63) is 0 Å². The first-order valence-corrected chi connectivity index (χ1v) is 2.13. The van der Waals surface area contributed by atoms with Gasteiger partial charge in [-0.05, 0) is 0 Å². The van der Waals surface area contributed by atoms with E-state index in [9.17, 15) is 4.79 Å². The molecule has 4 N–H and O–H groups in total. The molecule has 0 aliphatic carbocycles. The normalized spacial score (nSPS) is 4.43. The van der Waals surface area contributed by atoms with Crippen molar-refractivity contribution in [2.45, 2.75) is 6.92 Å². The average molecular weight is 128 g/mol. The number of hydrogen-bond donors (Lipinski definition) is 1. The maximum absolute atomic E-state index is 9.22. The second-order valence-electron chi connectivity index (χ2n) is 0.611. The third-order valence-corrected chi connectivity index (χ3v) is 0. The standard InChI is InChI=1S/C2H5NO.CH3Cl.H2O/c1-2(3)4;1-2;/h1H3,(H2,3,4);1H3;1H2. The molecule has 0 heterocycles. The van der Waals surface area contributed by atoms with Crippen LogP contribution in [0, 0.1) is 0 Å². The fourth-order valence-electron chi connectivity index (χ4n) is 0. The predicted octanol–water partition coefficient (Wildman–Crippen LogP) is -0.478. The molecule has 46 valence electrons. The largest absolute Gasteiger partial charge is 0.412 e. The van der Waals surface area contributed by atoms with Crippen molar-refractivity contribution in [3.63, 3.8) is 0 Å². The van der Waals surface area contributed by atoms with Crippen LogP contribution in [0.25, 0.3) is 0 Å². The Morgan fingerprint density at radius 3 is 1.57 bits per heavy atom. The summed E-state index contributed by atoms with van der Waals surface area (Å²) in [6, 6.07) is 0. The van der Waals surface area contributed by atoms with Crippen molar-refractivity contribution in [1.82, 2.24) is 0 Å². The Hall–Kier alpha value is -0.280. The fourth-order valence-corrected chi connectivity index (χ4v) is 0. The lowest BCUT2D eigenvalue weighted by atomic mass is 10.8. The van der Waals surface area contributed by atoms with Crippen molar-refractivity contribution in [1.29, 1.82) is 0 Å². The molecule has 0 bridgehead atoms. The summed E-state index contributed by atoms with van der Waals surface area (Å²) in [6.45, 7) is 1.31. The zero-order valence-corrected chi connectivity index (χ0v) is 5.12. The molecule has 0 radical (unpaired) electrons. The number of rotatable bonds is 0. The minimum Gasteiger partial charge on any atom is -0.412 e. The molecule has 0 saturated heterocycles. The zero-order chi connectivity index (χ0) is 5.58. The average Bonchev–Trinajstić information content (AvgIpc) is 1.41. The van der Waals surface area contributed by atoms with Gasteiger partial charge < -0.3 is 11.2 Å². The van der Waals surface area contributed by atoms with Crippen molar-refractivity contribution in [2.24, 2.45) is 5.73 Å². The number of primary amides is 1. The van der Waals surface area contributed by atoms with Crippen molar-refractivity contribution >= 4 is 17.5 Å². The highest BCUT2D eigenvalue weighted by Gasteiger charge is 1.61. The van der Waals surface area contributed by atoms with E-state index in [1.807, 2.05) is 0 Å².